The number of carboxylic acid groups (broad SMARTS) is 1. The van der Waals surface area contributed by atoms with Gasteiger partial charge in [0.15, 0.2) is 0 Å². The van der Waals surface area contributed by atoms with Crippen LogP contribution in [0.1, 0.15) is 16.0 Å². The molecule has 0 aliphatic carbocycles. The van der Waals surface area contributed by atoms with Crippen molar-refractivity contribution in [3.63, 3.8) is 0 Å². The highest BCUT2D eigenvalue weighted by molar-refractivity contribution is 7.10. The van der Waals surface area contributed by atoms with Crippen LogP contribution >= 0.6 is 11.3 Å². The van der Waals surface area contributed by atoms with Gasteiger partial charge in [-0.2, -0.15) is 0 Å². The molecule has 1 heterocycles. The van der Waals surface area contributed by atoms with E-state index in [9.17, 15) is 9.90 Å². The highest BCUT2D eigenvalue weighted by Gasteiger charge is 2.12. The topological polar surface area (TPSA) is 37.3 Å². The molecule has 0 saturated carbocycles. The smallest absolute Gasteiger partial charge is 0.336 e. The van der Waals surface area contributed by atoms with E-state index in [1.165, 1.54) is 11.3 Å². The van der Waals surface area contributed by atoms with Crippen LogP contribution in [0.3, 0.4) is 0 Å². The molecule has 2 rings (SSSR count). The van der Waals surface area contributed by atoms with Crippen molar-refractivity contribution in [1.29, 1.82) is 0 Å². The van der Waals surface area contributed by atoms with E-state index in [0.717, 1.165) is 16.0 Å². The van der Waals surface area contributed by atoms with E-state index in [4.69, 9.17) is 0 Å². The maximum Gasteiger partial charge on any atom is 0.336 e. The zero-order valence-electron chi connectivity index (χ0n) is 9.38. The molecule has 0 atom stereocenters. The number of hydrogen-bond acceptors (Lipinski definition) is 2. The largest absolute Gasteiger partial charge is 0.478 e. The molecule has 0 saturated heterocycles. The van der Waals surface area contributed by atoms with Crippen molar-refractivity contribution in [2.24, 2.45) is 0 Å². The maximum absolute atomic E-state index is 11.3. The molecule has 1 aromatic heterocycles. The average Bonchev–Trinajstić information content (AvgIpc) is 2.79. The summed E-state index contributed by atoms with van der Waals surface area (Å²) in [5.41, 5.74) is 2.08. The van der Waals surface area contributed by atoms with Gasteiger partial charge in [0.05, 0.1) is 5.57 Å². The molecular formula is C14H12O2S. The van der Waals surface area contributed by atoms with E-state index in [-0.39, 0.29) is 0 Å². The van der Waals surface area contributed by atoms with Gasteiger partial charge < -0.3 is 5.11 Å². The zero-order chi connectivity index (χ0) is 12.3. The molecule has 1 N–H and O–H groups in total. The predicted octanol–water partition coefficient (Wildman–Crippen LogP) is 3.68. The van der Waals surface area contributed by atoms with Gasteiger partial charge in [-0.3, -0.25) is 0 Å². The monoisotopic (exact) mass is 244 g/mol. The SMILES string of the molecule is Cc1ccccc1/C(=C\c1cccs1)C(=O)O. The van der Waals surface area contributed by atoms with E-state index >= 15 is 0 Å². The summed E-state index contributed by atoms with van der Waals surface area (Å²) in [5.74, 6) is -0.896. The molecule has 2 aromatic rings. The summed E-state index contributed by atoms with van der Waals surface area (Å²) in [4.78, 5) is 12.3. The maximum atomic E-state index is 11.3. The van der Waals surface area contributed by atoms with Crippen molar-refractivity contribution in [2.75, 3.05) is 0 Å². The fraction of sp³-hybridized carbons (Fsp3) is 0.0714. The van der Waals surface area contributed by atoms with Gasteiger partial charge in [0.2, 0.25) is 0 Å². The molecule has 0 spiro atoms. The minimum absolute atomic E-state index is 0.338. The number of thiophene rings is 1. The van der Waals surface area contributed by atoms with Gasteiger partial charge in [-0.25, -0.2) is 4.79 Å². The van der Waals surface area contributed by atoms with Gasteiger partial charge in [-0.1, -0.05) is 30.3 Å². The van der Waals surface area contributed by atoms with Crippen LogP contribution in [0.4, 0.5) is 0 Å². The van der Waals surface area contributed by atoms with Gasteiger partial charge in [0.25, 0.3) is 0 Å². The van der Waals surface area contributed by atoms with Crippen molar-refractivity contribution >= 4 is 29.0 Å². The summed E-state index contributed by atoms with van der Waals surface area (Å²) < 4.78 is 0. The predicted molar refractivity (Wildman–Crippen MR) is 71.0 cm³/mol. The van der Waals surface area contributed by atoms with E-state index in [1.54, 1.807) is 6.08 Å². The molecular weight excluding hydrogens is 232 g/mol. The van der Waals surface area contributed by atoms with Crippen molar-refractivity contribution in [3.05, 3.63) is 57.8 Å². The van der Waals surface area contributed by atoms with E-state index in [0.29, 0.717) is 5.57 Å². The number of benzene rings is 1. The Morgan fingerprint density at radius 3 is 2.59 bits per heavy atom. The highest BCUT2D eigenvalue weighted by Crippen LogP contribution is 2.23. The number of carbonyl (C=O) groups is 1. The molecule has 3 heteroatoms. The fourth-order valence-electron chi connectivity index (χ4n) is 1.65. The number of aliphatic carboxylic acids is 1. The van der Waals surface area contributed by atoms with Crippen LogP contribution in [0, 0.1) is 6.92 Å². The molecule has 0 unspecified atom stereocenters. The summed E-state index contributed by atoms with van der Waals surface area (Å²) in [6.07, 6.45) is 1.72. The first-order chi connectivity index (χ1) is 8.18. The molecule has 2 nitrogen and oxygen atoms in total. The third kappa shape index (κ3) is 2.63. The molecule has 1 aromatic carbocycles. The Morgan fingerprint density at radius 2 is 2.00 bits per heavy atom. The normalized spacial score (nSPS) is 11.5. The van der Waals surface area contributed by atoms with E-state index in [1.807, 2.05) is 48.7 Å². The van der Waals surface area contributed by atoms with Crippen molar-refractivity contribution in [3.8, 4) is 0 Å². The van der Waals surface area contributed by atoms with Gasteiger partial charge in [-0.05, 0) is 35.6 Å². The van der Waals surface area contributed by atoms with Crippen molar-refractivity contribution < 1.29 is 9.90 Å². The summed E-state index contributed by atoms with van der Waals surface area (Å²) in [6.45, 7) is 1.92. The van der Waals surface area contributed by atoms with Crippen LogP contribution in [-0.4, -0.2) is 11.1 Å². The third-order valence-corrected chi connectivity index (χ3v) is 3.31. The first kappa shape index (κ1) is 11.6. The van der Waals surface area contributed by atoms with Gasteiger partial charge in [-0.15, -0.1) is 11.3 Å². The minimum Gasteiger partial charge on any atom is -0.478 e. The summed E-state index contributed by atoms with van der Waals surface area (Å²) in [6, 6.07) is 11.3. The lowest BCUT2D eigenvalue weighted by Crippen LogP contribution is -2.01. The Kier molecular flexibility index (Phi) is 3.40. The van der Waals surface area contributed by atoms with Gasteiger partial charge in [0, 0.05) is 4.88 Å². The quantitative estimate of drug-likeness (QED) is 0.836. The minimum atomic E-state index is -0.896. The van der Waals surface area contributed by atoms with Crippen LogP contribution in [0.25, 0.3) is 11.6 Å². The Balaban J connectivity index is 2.51. The second-order valence-corrected chi connectivity index (χ2v) is 4.67. The molecule has 0 aliphatic heterocycles. The van der Waals surface area contributed by atoms with Gasteiger partial charge >= 0.3 is 5.97 Å². The lowest BCUT2D eigenvalue weighted by molar-refractivity contribution is -0.130. The molecule has 0 amide bonds. The summed E-state index contributed by atoms with van der Waals surface area (Å²) in [5, 5.41) is 11.2. The van der Waals surface area contributed by atoms with E-state index in [2.05, 4.69) is 0 Å². The summed E-state index contributed by atoms with van der Waals surface area (Å²) in [7, 11) is 0. The van der Waals surface area contributed by atoms with Crippen molar-refractivity contribution in [1.82, 2.24) is 0 Å². The van der Waals surface area contributed by atoms with Crippen LogP contribution in [-0.2, 0) is 4.79 Å². The number of aryl methyl sites for hydroxylation is 1. The first-order valence-electron chi connectivity index (χ1n) is 5.23. The van der Waals surface area contributed by atoms with Gasteiger partial charge in [0.1, 0.15) is 0 Å². The number of rotatable bonds is 3. The van der Waals surface area contributed by atoms with Crippen molar-refractivity contribution in [2.45, 2.75) is 6.92 Å². The fourth-order valence-corrected chi connectivity index (χ4v) is 2.30. The second-order valence-electron chi connectivity index (χ2n) is 3.69. The molecule has 0 fully saturated rings. The lowest BCUT2D eigenvalue weighted by Gasteiger charge is -2.05. The number of carboxylic acids is 1. The Morgan fingerprint density at radius 1 is 1.24 bits per heavy atom. The molecule has 0 aliphatic rings. The van der Waals surface area contributed by atoms with E-state index < -0.39 is 5.97 Å². The molecule has 0 radical (unpaired) electrons. The van der Waals surface area contributed by atoms with Crippen LogP contribution in [0.2, 0.25) is 0 Å². The molecule has 86 valence electrons. The molecule has 17 heavy (non-hydrogen) atoms. The third-order valence-electron chi connectivity index (χ3n) is 2.50. The second kappa shape index (κ2) is 4.97. The Bertz CT molecular complexity index is 553. The Hall–Kier alpha value is -1.87. The van der Waals surface area contributed by atoms with Crippen LogP contribution in [0.15, 0.2) is 41.8 Å². The standard InChI is InChI=1S/C14H12O2S/c1-10-5-2-3-7-12(10)13(14(15)16)9-11-6-4-8-17-11/h2-9H,1H3,(H,15,16)/b13-9+. The molecule has 0 bridgehead atoms. The van der Waals surface area contributed by atoms with Crippen LogP contribution in [0.5, 0.6) is 0 Å². The van der Waals surface area contributed by atoms with Crippen LogP contribution < -0.4 is 0 Å². The number of hydrogen-bond donors (Lipinski definition) is 1. The zero-order valence-corrected chi connectivity index (χ0v) is 10.2. The Labute approximate surface area is 104 Å². The highest BCUT2D eigenvalue weighted by atomic mass is 32.1. The lowest BCUT2D eigenvalue weighted by atomic mass is 10.0. The summed E-state index contributed by atoms with van der Waals surface area (Å²) >= 11 is 1.53. The first-order valence-corrected chi connectivity index (χ1v) is 6.11. The average molecular weight is 244 g/mol.